The lowest BCUT2D eigenvalue weighted by molar-refractivity contribution is -0.136. The number of hydrogen-bond acceptors (Lipinski definition) is 3. The van der Waals surface area contributed by atoms with E-state index >= 15 is 0 Å². The zero-order valence-corrected chi connectivity index (χ0v) is 12.2. The number of halogens is 1. The largest absolute Gasteiger partial charge is 0.481 e. The zero-order valence-electron chi connectivity index (χ0n) is 12.2. The summed E-state index contributed by atoms with van der Waals surface area (Å²) < 4.78 is 15.6. The molecular formula is C16H18FN3O2. The van der Waals surface area contributed by atoms with Gasteiger partial charge in [-0.15, -0.1) is 0 Å². The molecule has 0 saturated heterocycles. The summed E-state index contributed by atoms with van der Waals surface area (Å²) in [5, 5.41) is 13.2. The van der Waals surface area contributed by atoms with Crippen molar-refractivity contribution < 1.29 is 14.3 Å². The van der Waals surface area contributed by atoms with Crippen molar-refractivity contribution in [2.45, 2.75) is 32.5 Å². The molecule has 0 amide bonds. The number of aliphatic carboxylic acids is 1. The van der Waals surface area contributed by atoms with Gasteiger partial charge >= 0.3 is 5.97 Å². The number of rotatable bonds is 5. The lowest BCUT2D eigenvalue weighted by atomic mass is 10.1. The molecule has 0 atom stereocenters. The standard InChI is InChI=1S/C16H18FN3O2/c17-15-4-2-1-3-12(15)10-19-7-8-20-14(11-19)9-13(18-20)5-6-16(21)22/h1-4,9H,5-8,10-11H2,(H,21,22). The summed E-state index contributed by atoms with van der Waals surface area (Å²) in [4.78, 5) is 12.8. The van der Waals surface area contributed by atoms with Crippen LogP contribution in [0.5, 0.6) is 0 Å². The normalized spacial score (nSPS) is 14.8. The SMILES string of the molecule is O=C(O)CCc1cc2n(n1)CCN(Cc1ccccc1F)C2. The van der Waals surface area contributed by atoms with Gasteiger partial charge in [0.15, 0.2) is 0 Å². The lowest BCUT2D eigenvalue weighted by Crippen LogP contribution is -2.33. The molecule has 116 valence electrons. The molecule has 1 aliphatic rings. The van der Waals surface area contributed by atoms with Crippen molar-refractivity contribution in [3.63, 3.8) is 0 Å². The Morgan fingerprint density at radius 3 is 2.91 bits per heavy atom. The molecular weight excluding hydrogens is 285 g/mol. The average molecular weight is 303 g/mol. The highest BCUT2D eigenvalue weighted by Crippen LogP contribution is 2.18. The Bertz CT molecular complexity index is 684. The molecule has 6 heteroatoms. The zero-order chi connectivity index (χ0) is 15.5. The first-order chi connectivity index (χ1) is 10.6. The van der Waals surface area contributed by atoms with E-state index in [9.17, 15) is 9.18 Å². The number of carbonyl (C=O) groups is 1. The highest BCUT2D eigenvalue weighted by Gasteiger charge is 2.19. The van der Waals surface area contributed by atoms with E-state index in [1.807, 2.05) is 16.8 Å². The highest BCUT2D eigenvalue weighted by atomic mass is 19.1. The molecule has 0 aliphatic carbocycles. The molecule has 0 radical (unpaired) electrons. The Kier molecular flexibility index (Phi) is 4.20. The van der Waals surface area contributed by atoms with Crippen molar-refractivity contribution in [2.75, 3.05) is 6.54 Å². The van der Waals surface area contributed by atoms with Crippen molar-refractivity contribution in [2.24, 2.45) is 0 Å². The van der Waals surface area contributed by atoms with Gasteiger partial charge in [0.25, 0.3) is 0 Å². The number of hydrogen-bond donors (Lipinski definition) is 1. The van der Waals surface area contributed by atoms with E-state index in [-0.39, 0.29) is 12.2 Å². The van der Waals surface area contributed by atoms with Gasteiger partial charge in [0.05, 0.1) is 24.4 Å². The predicted molar refractivity (Wildman–Crippen MR) is 78.7 cm³/mol. The Balaban J connectivity index is 1.66. The van der Waals surface area contributed by atoms with E-state index in [1.165, 1.54) is 6.07 Å². The van der Waals surface area contributed by atoms with Gasteiger partial charge in [-0.25, -0.2) is 4.39 Å². The Morgan fingerprint density at radius 2 is 2.14 bits per heavy atom. The predicted octanol–water partition coefficient (Wildman–Crippen LogP) is 2.06. The van der Waals surface area contributed by atoms with Crippen molar-refractivity contribution in [1.82, 2.24) is 14.7 Å². The van der Waals surface area contributed by atoms with Crippen LogP contribution in [-0.4, -0.2) is 32.3 Å². The fourth-order valence-electron chi connectivity index (χ4n) is 2.74. The minimum atomic E-state index is -0.813. The third-order valence-corrected chi connectivity index (χ3v) is 3.87. The molecule has 2 aromatic rings. The second-order valence-corrected chi connectivity index (χ2v) is 5.55. The van der Waals surface area contributed by atoms with Crippen LogP contribution in [0.15, 0.2) is 30.3 Å². The van der Waals surface area contributed by atoms with Gasteiger partial charge in [-0.3, -0.25) is 14.4 Å². The second kappa shape index (κ2) is 6.27. The molecule has 5 nitrogen and oxygen atoms in total. The summed E-state index contributed by atoms with van der Waals surface area (Å²) in [6, 6.07) is 8.78. The summed E-state index contributed by atoms with van der Waals surface area (Å²) in [7, 11) is 0. The quantitative estimate of drug-likeness (QED) is 0.918. The average Bonchev–Trinajstić information content (AvgIpc) is 2.90. The first-order valence-electron chi connectivity index (χ1n) is 7.35. The lowest BCUT2D eigenvalue weighted by Gasteiger charge is -2.27. The minimum absolute atomic E-state index is 0.0927. The Morgan fingerprint density at radius 1 is 1.32 bits per heavy atom. The van der Waals surface area contributed by atoms with Crippen LogP contribution in [0, 0.1) is 5.82 Å². The van der Waals surface area contributed by atoms with E-state index < -0.39 is 5.97 Å². The van der Waals surface area contributed by atoms with Crippen LogP contribution >= 0.6 is 0 Å². The van der Waals surface area contributed by atoms with Crippen LogP contribution in [0.2, 0.25) is 0 Å². The van der Waals surface area contributed by atoms with Crippen LogP contribution in [0.4, 0.5) is 4.39 Å². The van der Waals surface area contributed by atoms with Gasteiger partial charge in [0.2, 0.25) is 0 Å². The van der Waals surface area contributed by atoms with Gasteiger partial charge in [-0.1, -0.05) is 18.2 Å². The van der Waals surface area contributed by atoms with Crippen molar-refractivity contribution in [3.8, 4) is 0 Å². The summed E-state index contributed by atoms with van der Waals surface area (Å²) >= 11 is 0. The van der Waals surface area contributed by atoms with E-state index in [1.54, 1.807) is 12.1 Å². The summed E-state index contributed by atoms with van der Waals surface area (Å²) in [6.45, 7) is 2.83. The third-order valence-electron chi connectivity index (χ3n) is 3.87. The molecule has 3 rings (SSSR count). The Hall–Kier alpha value is -2.21. The number of benzene rings is 1. The molecule has 0 spiro atoms. The van der Waals surface area contributed by atoms with Gasteiger partial charge in [-0.05, 0) is 12.1 Å². The van der Waals surface area contributed by atoms with Gasteiger partial charge in [-0.2, -0.15) is 5.10 Å². The van der Waals surface area contributed by atoms with E-state index in [2.05, 4.69) is 10.00 Å². The Labute approximate surface area is 128 Å². The number of aromatic nitrogens is 2. The first-order valence-corrected chi connectivity index (χ1v) is 7.35. The van der Waals surface area contributed by atoms with Crippen LogP contribution in [0.1, 0.15) is 23.4 Å². The molecule has 1 aliphatic heterocycles. The van der Waals surface area contributed by atoms with Crippen molar-refractivity contribution >= 4 is 5.97 Å². The smallest absolute Gasteiger partial charge is 0.303 e. The molecule has 1 aromatic heterocycles. The molecule has 1 N–H and O–H groups in total. The molecule has 0 unspecified atom stereocenters. The van der Waals surface area contributed by atoms with E-state index in [0.717, 1.165) is 24.5 Å². The van der Waals surface area contributed by atoms with Gasteiger partial charge in [0.1, 0.15) is 5.82 Å². The molecule has 2 heterocycles. The van der Waals surface area contributed by atoms with Crippen LogP contribution in [-0.2, 0) is 30.8 Å². The van der Waals surface area contributed by atoms with E-state index in [0.29, 0.717) is 25.1 Å². The minimum Gasteiger partial charge on any atom is -0.481 e. The number of fused-ring (bicyclic) bond motifs is 1. The maximum absolute atomic E-state index is 13.7. The topological polar surface area (TPSA) is 58.4 Å². The summed E-state index contributed by atoms with van der Waals surface area (Å²) in [5.74, 6) is -0.990. The summed E-state index contributed by atoms with van der Waals surface area (Å²) in [5.41, 5.74) is 2.56. The summed E-state index contributed by atoms with van der Waals surface area (Å²) in [6.07, 6.45) is 0.540. The van der Waals surface area contributed by atoms with Gasteiger partial charge < -0.3 is 5.11 Å². The molecule has 0 saturated carbocycles. The molecule has 1 aromatic carbocycles. The maximum Gasteiger partial charge on any atom is 0.303 e. The fourth-order valence-corrected chi connectivity index (χ4v) is 2.74. The van der Waals surface area contributed by atoms with Crippen molar-refractivity contribution in [3.05, 3.63) is 53.1 Å². The number of carboxylic acids is 1. The van der Waals surface area contributed by atoms with Crippen LogP contribution < -0.4 is 0 Å². The fraction of sp³-hybridized carbons (Fsp3) is 0.375. The first kappa shape index (κ1) is 14.7. The van der Waals surface area contributed by atoms with Crippen LogP contribution in [0.3, 0.4) is 0 Å². The van der Waals surface area contributed by atoms with Crippen LogP contribution in [0.25, 0.3) is 0 Å². The molecule has 0 bridgehead atoms. The monoisotopic (exact) mass is 303 g/mol. The molecule has 0 fully saturated rings. The third kappa shape index (κ3) is 3.33. The van der Waals surface area contributed by atoms with E-state index in [4.69, 9.17) is 5.11 Å². The number of nitrogens with zero attached hydrogens (tertiary/aromatic N) is 3. The van der Waals surface area contributed by atoms with Gasteiger partial charge in [0, 0.05) is 31.6 Å². The van der Waals surface area contributed by atoms with Crippen molar-refractivity contribution in [1.29, 1.82) is 0 Å². The molecule has 22 heavy (non-hydrogen) atoms. The second-order valence-electron chi connectivity index (χ2n) is 5.55. The number of carboxylic acid groups (broad SMARTS) is 1. The number of aryl methyl sites for hydroxylation is 1. The maximum atomic E-state index is 13.7. The highest BCUT2D eigenvalue weighted by molar-refractivity contribution is 5.66.